The van der Waals surface area contributed by atoms with Crippen LogP contribution in [0.4, 0.5) is 10.8 Å². The molecular formula is C21H22N4O3S. The second-order valence-electron chi connectivity index (χ2n) is 6.94. The van der Waals surface area contributed by atoms with Crippen LogP contribution in [-0.4, -0.2) is 28.9 Å². The smallest absolute Gasteiger partial charge is 0.262 e. The molecule has 1 aliphatic heterocycles. The van der Waals surface area contributed by atoms with E-state index in [-0.39, 0.29) is 12.3 Å². The second-order valence-corrected chi connectivity index (χ2v) is 7.80. The Morgan fingerprint density at radius 2 is 1.93 bits per heavy atom. The van der Waals surface area contributed by atoms with Crippen LogP contribution in [0.2, 0.25) is 0 Å². The van der Waals surface area contributed by atoms with Crippen LogP contribution in [0.25, 0.3) is 0 Å². The van der Waals surface area contributed by atoms with Crippen molar-refractivity contribution in [3.8, 4) is 0 Å². The number of aryl methyl sites for hydroxylation is 1. The molecule has 29 heavy (non-hydrogen) atoms. The van der Waals surface area contributed by atoms with Gasteiger partial charge in [-0.05, 0) is 36.1 Å². The number of aromatic nitrogens is 1. The molecule has 0 fully saturated rings. The van der Waals surface area contributed by atoms with Gasteiger partial charge in [-0.3, -0.25) is 14.4 Å². The highest BCUT2D eigenvalue weighted by Gasteiger charge is 2.25. The fourth-order valence-electron chi connectivity index (χ4n) is 2.72. The maximum absolute atomic E-state index is 12.2. The van der Waals surface area contributed by atoms with E-state index >= 15 is 0 Å². The summed E-state index contributed by atoms with van der Waals surface area (Å²) in [6, 6.07) is 7.81. The molecule has 150 valence electrons. The molecule has 1 unspecified atom stereocenters. The number of nitrogens with zero attached hydrogens (tertiary/aromatic N) is 2. The highest BCUT2D eigenvalue weighted by molar-refractivity contribution is 7.13. The van der Waals surface area contributed by atoms with Crippen LogP contribution in [0.15, 0.2) is 46.8 Å². The van der Waals surface area contributed by atoms with Gasteiger partial charge in [0.2, 0.25) is 11.8 Å². The van der Waals surface area contributed by atoms with Gasteiger partial charge in [-0.25, -0.2) is 9.98 Å². The molecule has 2 heterocycles. The number of aliphatic imine (C=N–C) groups is 1. The monoisotopic (exact) mass is 410 g/mol. The number of carbonyl (C=O) groups excluding carboxylic acids is 3. The van der Waals surface area contributed by atoms with Crippen molar-refractivity contribution < 1.29 is 14.4 Å². The van der Waals surface area contributed by atoms with Crippen molar-refractivity contribution in [3.63, 3.8) is 0 Å². The second kappa shape index (κ2) is 9.38. The van der Waals surface area contributed by atoms with E-state index in [4.69, 9.17) is 0 Å². The van der Waals surface area contributed by atoms with Gasteiger partial charge in [-0.2, -0.15) is 0 Å². The van der Waals surface area contributed by atoms with Gasteiger partial charge in [0.25, 0.3) is 5.91 Å². The van der Waals surface area contributed by atoms with Gasteiger partial charge in [0, 0.05) is 23.7 Å². The average Bonchev–Trinajstić information content (AvgIpc) is 3.14. The van der Waals surface area contributed by atoms with Gasteiger partial charge in [0.05, 0.1) is 5.69 Å². The molecule has 8 heteroatoms. The Morgan fingerprint density at radius 3 is 2.62 bits per heavy atom. The van der Waals surface area contributed by atoms with E-state index < -0.39 is 17.7 Å². The maximum Gasteiger partial charge on any atom is 0.262 e. The molecule has 1 atom stereocenters. The number of anilines is 2. The summed E-state index contributed by atoms with van der Waals surface area (Å²) in [7, 11) is 0. The summed E-state index contributed by atoms with van der Waals surface area (Å²) in [4.78, 5) is 43.9. The average molecular weight is 410 g/mol. The molecule has 1 aromatic heterocycles. The van der Waals surface area contributed by atoms with E-state index in [1.165, 1.54) is 29.2 Å². The molecule has 0 bridgehead atoms. The van der Waals surface area contributed by atoms with E-state index in [9.17, 15) is 14.4 Å². The lowest BCUT2D eigenvalue weighted by Crippen LogP contribution is -2.28. The summed E-state index contributed by atoms with van der Waals surface area (Å²) in [5, 5.41) is 7.68. The summed E-state index contributed by atoms with van der Waals surface area (Å²) < 4.78 is 0. The normalized spacial score (nSPS) is 15.6. The first kappa shape index (κ1) is 20.6. The molecule has 0 radical (unpaired) electrons. The number of rotatable bonds is 7. The zero-order valence-corrected chi connectivity index (χ0v) is 17.0. The molecule has 3 amide bonds. The Bertz CT molecular complexity index is 961. The Labute approximate surface area is 173 Å². The van der Waals surface area contributed by atoms with Crippen LogP contribution in [0.1, 0.15) is 37.4 Å². The molecule has 1 aliphatic rings. The van der Waals surface area contributed by atoms with Gasteiger partial charge >= 0.3 is 0 Å². The van der Waals surface area contributed by atoms with Crippen molar-refractivity contribution in [1.82, 2.24) is 4.98 Å². The van der Waals surface area contributed by atoms with Crippen LogP contribution >= 0.6 is 11.3 Å². The quantitative estimate of drug-likeness (QED) is 0.682. The highest BCUT2D eigenvalue weighted by atomic mass is 32.1. The third-order valence-electron chi connectivity index (χ3n) is 4.39. The molecular weight excluding hydrogens is 388 g/mol. The zero-order valence-electron chi connectivity index (χ0n) is 16.2. The van der Waals surface area contributed by atoms with Gasteiger partial charge in [-0.1, -0.05) is 32.1 Å². The number of dihydropyridines is 1. The van der Waals surface area contributed by atoms with Crippen molar-refractivity contribution in [2.45, 2.75) is 32.6 Å². The minimum Gasteiger partial charge on any atom is -0.326 e. The summed E-state index contributed by atoms with van der Waals surface area (Å²) in [5.74, 6) is -1.55. The maximum atomic E-state index is 12.2. The number of thiazole rings is 1. The predicted molar refractivity (Wildman–Crippen MR) is 114 cm³/mol. The number of allylic oxidation sites excluding steroid dienone is 1. The number of hydrogen-bond donors (Lipinski definition) is 2. The lowest BCUT2D eigenvalue weighted by Gasteiger charge is -2.09. The van der Waals surface area contributed by atoms with Gasteiger partial charge in [0.15, 0.2) is 5.13 Å². The van der Waals surface area contributed by atoms with E-state index in [2.05, 4.69) is 34.5 Å². The Kier molecular flexibility index (Phi) is 6.66. The molecule has 1 aromatic carbocycles. The van der Waals surface area contributed by atoms with Gasteiger partial charge < -0.3 is 10.6 Å². The van der Waals surface area contributed by atoms with Crippen molar-refractivity contribution >= 4 is 46.1 Å². The van der Waals surface area contributed by atoms with E-state index in [1.54, 1.807) is 11.5 Å². The third kappa shape index (κ3) is 5.68. The molecule has 0 saturated carbocycles. The van der Waals surface area contributed by atoms with Crippen molar-refractivity contribution in [1.29, 1.82) is 0 Å². The van der Waals surface area contributed by atoms with Gasteiger partial charge in [0.1, 0.15) is 5.92 Å². The van der Waals surface area contributed by atoms with Crippen molar-refractivity contribution in [2.75, 3.05) is 10.6 Å². The third-order valence-corrected chi connectivity index (χ3v) is 5.20. The van der Waals surface area contributed by atoms with Crippen molar-refractivity contribution in [2.24, 2.45) is 10.9 Å². The standard InChI is InChI=1S/C21H22N4O3S/c1-13(2)14-5-7-15(8-6-14)23-18(26)10-9-16-12-29-21(24-16)25-20(28)17-4-3-11-22-19(17)27/h3-8,11-13,17H,9-10H2,1-2H3,(H,23,26)(H,24,25,28). The Balaban J connectivity index is 1.48. The Hall–Kier alpha value is -3.13. The lowest BCUT2D eigenvalue weighted by atomic mass is 10.0. The van der Waals surface area contributed by atoms with Crippen molar-refractivity contribution in [3.05, 3.63) is 53.1 Å². The minimum atomic E-state index is -0.930. The Morgan fingerprint density at radius 1 is 1.17 bits per heavy atom. The number of amides is 3. The predicted octanol–water partition coefficient (Wildman–Crippen LogP) is 3.56. The summed E-state index contributed by atoms with van der Waals surface area (Å²) in [6.07, 6.45) is 5.15. The van der Waals surface area contributed by atoms with Crippen LogP contribution in [0.5, 0.6) is 0 Å². The number of carbonyl (C=O) groups is 3. The van der Waals surface area contributed by atoms with Gasteiger partial charge in [-0.15, -0.1) is 11.3 Å². The largest absolute Gasteiger partial charge is 0.326 e. The minimum absolute atomic E-state index is 0.100. The SMILES string of the molecule is CC(C)c1ccc(NC(=O)CCc2csc(NC(=O)C3C=CC=NC3=O)n2)cc1. The molecule has 2 N–H and O–H groups in total. The van der Waals surface area contributed by atoms with Crippen LogP contribution in [0, 0.1) is 5.92 Å². The molecule has 0 saturated heterocycles. The lowest BCUT2D eigenvalue weighted by molar-refractivity contribution is -0.128. The number of nitrogens with one attached hydrogen (secondary N) is 2. The summed E-state index contributed by atoms with van der Waals surface area (Å²) in [5.41, 5.74) is 2.69. The zero-order chi connectivity index (χ0) is 20.8. The molecule has 0 aliphatic carbocycles. The van der Waals surface area contributed by atoms with E-state index in [1.807, 2.05) is 24.3 Å². The summed E-state index contributed by atoms with van der Waals surface area (Å²) in [6.45, 7) is 4.24. The first-order valence-corrected chi connectivity index (χ1v) is 10.2. The number of benzene rings is 1. The summed E-state index contributed by atoms with van der Waals surface area (Å²) >= 11 is 1.25. The fraction of sp³-hybridized carbons (Fsp3) is 0.286. The highest BCUT2D eigenvalue weighted by Crippen LogP contribution is 2.20. The molecule has 7 nitrogen and oxygen atoms in total. The van der Waals surface area contributed by atoms with Crippen LogP contribution in [0.3, 0.4) is 0 Å². The fourth-order valence-corrected chi connectivity index (χ4v) is 3.47. The molecule has 3 rings (SSSR count). The van der Waals surface area contributed by atoms with Crippen LogP contribution < -0.4 is 10.6 Å². The topological polar surface area (TPSA) is 101 Å². The first-order chi connectivity index (χ1) is 13.9. The molecule has 0 spiro atoms. The van der Waals surface area contributed by atoms with E-state index in [0.29, 0.717) is 23.2 Å². The molecule has 2 aromatic rings. The van der Waals surface area contributed by atoms with E-state index in [0.717, 1.165) is 5.69 Å². The number of hydrogen-bond acceptors (Lipinski definition) is 5. The first-order valence-electron chi connectivity index (χ1n) is 9.32. The van der Waals surface area contributed by atoms with Crippen LogP contribution in [-0.2, 0) is 20.8 Å².